The van der Waals surface area contributed by atoms with Crippen molar-refractivity contribution in [2.45, 2.75) is 11.4 Å². The fourth-order valence-electron chi connectivity index (χ4n) is 1.40. The third-order valence-corrected chi connectivity index (χ3v) is 5.31. The van der Waals surface area contributed by atoms with E-state index in [0.29, 0.717) is 5.69 Å². The third kappa shape index (κ3) is 3.37. The van der Waals surface area contributed by atoms with Gasteiger partial charge in [0.1, 0.15) is 4.90 Å². The molecule has 5 nitrogen and oxygen atoms in total. The van der Waals surface area contributed by atoms with Gasteiger partial charge in [-0.15, -0.1) is 11.3 Å². The summed E-state index contributed by atoms with van der Waals surface area (Å²) in [5.41, 5.74) is 7.45. The van der Waals surface area contributed by atoms with Crippen LogP contribution in [-0.4, -0.2) is 13.4 Å². The van der Waals surface area contributed by atoms with Crippen molar-refractivity contribution in [3.8, 4) is 0 Å². The molecule has 1 aromatic carbocycles. The Balaban J connectivity index is 2.29. The van der Waals surface area contributed by atoms with Gasteiger partial charge < -0.3 is 5.73 Å². The SMILES string of the molecule is Nc1cc(Cl)c(S(=O)(=O)NCc2cncs2)c(Cl)c1. The van der Waals surface area contributed by atoms with Gasteiger partial charge in [-0.2, -0.15) is 0 Å². The molecule has 0 spiro atoms. The van der Waals surface area contributed by atoms with Gasteiger partial charge >= 0.3 is 0 Å². The Bertz CT molecular complexity index is 664. The van der Waals surface area contributed by atoms with Crippen molar-refractivity contribution >= 4 is 50.2 Å². The average molecular weight is 338 g/mol. The number of halogens is 2. The second-order valence-electron chi connectivity index (χ2n) is 3.61. The molecule has 1 heterocycles. The second kappa shape index (κ2) is 5.64. The van der Waals surface area contributed by atoms with Gasteiger partial charge in [-0.25, -0.2) is 13.1 Å². The molecule has 3 N–H and O–H groups in total. The lowest BCUT2D eigenvalue weighted by Gasteiger charge is -2.10. The maximum absolute atomic E-state index is 12.1. The van der Waals surface area contributed by atoms with Crippen molar-refractivity contribution in [2.75, 3.05) is 5.73 Å². The van der Waals surface area contributed by atoms with Gasteiger partial charge in [-0.3, -0.25) is 4.98 Å². The molecule has 0 amide bonds. The number of anilines is 1. The van der Waals surface area contributed by atoms with Crippen LogP contribution in [0.25, 0.3) is 0 Å². The van der Waals surface area contributed by atoms with Crippen LogP contribution < -0.4 is 10.5 Å². The van der Waals surface area contributed by atoms with E-state index in [2.05, 4.69) is 9.71 Å². The van der Waals surface area contributed by atoms with Gasteiger partial charge in [0, 0.05) is 23.3 Å². The smallest absolute Gasteiger partial charge is 0.243 e. The molecule has 0 atom stereocenters. The minimum Gasteiger partial charge on any atom is -0.399 e. The highest BCUT2D eigenvalue weighted by molar-refractivity contribution is 7.89. The molecule has 102 valence electrons. The lowest BCUT2D eigenvalue weighted by molar-refractivity contribution is 0.582. The van der Waals surface area contributed by atoms with Gasteiger partial charge in [-0.1, -0.05) is 23.2 Å². The number of thiazole rings is 1. The van der Waals surface area contributed by atoms with Crippen LogP contribution in [0.15, 0.2) is 28.7 Å². The highest BCUT2D eigenvalue weighted by Crippen LogP contribution is 2.31. The van der Waals surface area contributed by atoms with Gasteiger partial charge in [0.2, 0.25) is 10.0 Å². The van der Waals surface area contributed by atoms with Crippen LogP contribution in [-0.2, 0) is 16.6 Å². The normalized spacial score (nSPS) is 11.7. The second-order valence-corrected chi connectivity index (χ2v) is 7.10. The highest BCUT2D eigenvalue weighted by atomic mass is 35.5. The number of benzene rings is 1. The predicted molar refractivity (Wildman–Crippen MR) is 77.0 cm³/mol. The monoisotopic (exact) mass is 337 g/mol. The number of nitrogen functional groups attached to an aromatic ring is 1. The Kier molecular flexibility index (Phi) is 4.32. The standard InChI is InChI=1S/C10H9Cl2N3O2S2/c11-8-1-6(13)2-9(12)10(8)19(16,17)15-4-7-3-14-5-18-7/h1-3,5,15H,4,13H2. The largest absolute Gasteiger partial charge is 0.399 e. The van der Waals surface area contributed by atoms with Crippen LogP contribution >= 0.6 is 34.5 Å². The number of nitrogens with one attached hydrogen (secondary N) is 1. The zero-order valence-corrected chi connectivity index (χ0v) is 12.6. The summed E-state index contributed by atoms with van der Waals surface area (Å²) in [6, 6.07) is 2.68. The van der Waals surface area contributed by atoms with E-state index < -0.39 is 10.0 Å². The lowest BCUT2D eigenvalue weighted by Crippen LogP contribution is -2.23. The molecule has 0 radical (unpaired) electrons. The topological polar surface area (TPSA) is 85.1 Å². The zero-order valence-electron chi connectivity index (χ0n) is 9.43. The fraction of sp³-hybridized carbons (Fsp3) is 0.100. The minimum absolute atomic E-state index is 0.0122. The summed E-state index contributed by atoms with van der Waals surface area (Å²) < 4.78 is 26.7. The van der Waals surface area contributed by atoms with Gasteiger partial charge in [0.05, 0.1) is 15.6 Å². The molecule has 2 rings (SSSR count). The molecule has 0 saturated heterocycles. The van der Waals surface area contributed by atoms with E-state index in [1.54, 1.807) is 11.7 Å². The van der Waals surface area contributed by atoms with E-state index in [1.165, 1.54) is 23.5 Å². The van der Waals surface area contributed by atoms with Crippen molar-refractivity contribution in [2.24, 2.45) is 0 Å². The number of rotatable bonds is 4. The van der Waals surface area contributed by atoms with E-state index in [0.717, 1.165) is 4.88 Å². The Labute approximate surface area is 124 Å². The van der Waals surface area contributed by atoms with Crippen LogP contribution in [0, 0.1) is 0 Å². The van der Waals surface area contributed by atoms with Crippen molar-refractivity contribution in [1.29, 1.82) is 0 Å². The molecule has 1 aromatic heterocycles. The molecule has 0 aliphatic rings. The fourth-order valence-corrected chi connectivity index (χ4v) is 4.26. The van der Waals surface area contributed by atoms with E-state index in [9.17, 15) is 8.42 Å². The Morgan fingerprint density at radius 1 is 1.32 bits per heavy atom. The van der Waals surface area contributed by atoms with Gasteiger partial charge in [0.15, 0.2) is 0 Å². The van der Waals surface area contributed by atoms with Crippen molar-refractivity contribution in [3.63, 3.8) is 0 Å². The molecular weight excluding hydrogens is 329 g/mol. The Morgan fingerprint density at radius 2 is 1.95 bits per heavy atom. The number of hydrogen-bond donors (Lipinski definition) is 2. The summed E-state index contributed by atoms with van der Waals surface area (Å²) >= 11 is 13.1. The average Bonchev–Trinajstić information content (AvgIpc) is 2.77. The number of sulfonamides is 1. The van der Waals surface area contributed by atoms with Gasteiger partial charge in [0.25, 0.3) is 0 Å². The lowest BCUT2D eigenvalue weighted by atomic mass is 10.3. The molecular formula is C10H9Cl2N3O2S2. The number of aromatic nitrogens is 1. The predicted octanol–water partition coefficient (Wildman–Crippen LogP) is 2.51. The molecule has 2 aromatic rings. The zero-order chi connectivity index (χ0) is 14.0. The Hall–Kier alpha value is -0.860. The summed E-state index contributed by atoms with van der Waals surface area (Å²) in [6.45, 7) is 0.129. The molecule has 0 saturated carbocycles. The van der Waals surface area contributed by atoms with E-state index in [-0.39, 0.29) is 21.5 Å². The van der Waals surface area contributed by atoms with Crippen LogP contribution in [0.3, 0.4) is 0 Å². The summed E-state index contributed by atoms with van der Waals surface area (Å²) in [5, 5.41) is -0.0244. The maximum atomic E-state index is 12.1. The number of nitrogens with zero attached hydrogens (tertiary/aromatic N) is 1. The van der Waals surface area contributed by atoms with E-state index >= 15 is 0 Å². The first kappa shape index (κ1) is 14.5. The summed E-state index contributed by atoms with van der Waals surface area (Å²) in [5.74, 6) is 0. The first-order chi connectivity index (χ1) is 8.90. The summed E-state index contributed by atoms with van der Waals surface area (Å²) in [6.07, 6.45) is 1.58. The number of nitrogens with two attached hydrogens (primary N) is 1. The first-order valence-electron chi connectivity index (χ1n) is 5.01. The summed E-state index contributed by atoms with van der Waals surface area (Å²) in [4.78, 5) is 4.47. The van der Waals surface area contributed by atoms with E-state index in [4.69, 9.17) is 28.9 Å². The van der Waals surface area contributed by atoms with Crippen LogP contribution in [0.5, 0.6) is 0 Å². The van der Waals surface area contributed by atoms with Crippen LogP contribution in [0.1, 0.15) is 4.88 Å². The molecule has 9 heteroatoms. The van der Waals surface area contributed by atoms with Gasteiger partial charge in [-0.05, 0) is 12.1 Å². The van der Waals surface area contributed by atoms with Crippen LogP contribution in [0.4, 0.5) is 5.69 Å². The van der Waals surface area contributed by atoms with Crippen molar-refractivity contribution in [1.82, 2.24) is 9.71 Å². The maximum Gasteiger partial charge on any atom is 0.243 e. The molecule has 0 aliphatic heterocycles. The van der Waals surface area contributed by atoms with Crippen molar-refractivity contribution in [3.05, 3.63) is 38.8 Å². The molecule has 19 heavy (non-hydrogen) atoms. The first-order valence-corrected chi connectivity index (χ1v) is 8.13. The Morgan fingerprint density at radius 3 is 2.47 bits per heavy atom. The molecule has 0 aliphatic carbocycles. The molecule has 0 bridgehead atoms. The summed E-state index contributed by atoms with van der Waals surface area (Å²) in [7, 11) is -3.81. The highest BCUT2D eigenvalue weighted by Gasteiger charge is 2.22. The molecule has 0 unspecified atom stereocenters. The third-order valence-electron chi connectivity index (χ3n) is 2.21. The molecule has 0 fully saturated rings. The van der Waals surface area contributed by atoms with E-state index in [1.807, 2.05) is 0 Å². The van der Waals surface area contributed by atoms with Crippen LogP contribution in [0.2, 0.25) is 10.0 Å². The quantitative estimate of drug-likeness (QED) is 0.839. The van der Waals surface area contributed by atoms with Crippen molar-refractivity contribution < 1.29 is 8.42 Å². The number of hydrogen-bond acceptors (Lipinski definition) is 5. The minimum atomic E-state index is -3.81.